The number of rotatable bonds is 5. The normalized spacial score (nSPS) is 19.8. The van der Waals surface area contributed by atoms with Crippen molar-refractivity contribution in [2.45, 2.75) is 63.6 Å². The molecule has 4 nitrogen and oxygen atoms in total. The van der Waals surface area contributed by atoms with Crippen molar-refractivity contribution in [1.82, 2.24) is 10.6 Å². The average molecular weight is 380 g/mol. The summed E-state index contributed by atoms with van der Waals surface area (Å²) in [5.41, 5.74) is 9.26. The largest absolute Gasteiger partial charge is 0.353 e. The van der Waals surface area contributed by atoms with E-state index in [9.17, 15) is 4.79 Å². The van der Waals surface area contributed by atoms with E-state index in [2.05, 4.69) is 62.6 Å². The molecule has 0 aromatic heterocycles. The van der Waals surface area contributed by atoms with Gasteiger partial charge in [0.2, 0.25) is 5.91 Å². The molecule has 1 aliphatic heterocycles. The van der Waals surface area contributed by atoms with Crippen molar-refractivity contribution >= 4 is 5.91 Å². The van der Waals surface area contributed by atoms with Crippen molar-refractivity contribution in [2.24, 2.45) is 5.73 Å². The van der Waals surface area contributed by atoms with Gasteiger partial charge in [0.1, 0.15) is 0 Å². The molecule has 150 valence electrons. The molecule has 1 unspecified atom stereocenters. The van der Waals surface area contributed by atoms with Crippen molar-refractivity contribution < 1.29 is 4.79 Å². The van der Waals surface area contributed by atoms with Gasteiger partial charge < -0.3 is 16.4 Å². The molecule has 0 spiro atoms. The Bertz CT molecular complexity index is 780. The van der Waals surface area contributed by atoms with Crippen LogP contribution in [0.2, 0.25) is 0 Å². The summed E-state index contributed by atoms with van der Waals surface area (Å²) in [6, 6.07) is 18.6. The van der Waals surface area contributed by atoms with E-state index in [1.165, 1.54) is 5.56 Å². The van der Waals surface area contributed by atoms with Gasteiger partial charge in [-0.15, -0.1) is 0 Å². The van der Waals surface area contributed by atoms with Crippen LogP contribution in [-0.4, -0.2) is 29.6 Å². The standard InChI is InChI=1S/C24H33N3O/c1-23(2)14-20(15-24(3,4)27-23)26-22(28)21(16-25)19-12-10-18(11-13-19)17-8-6-5-7-9-17/h5-13,20-21,27H,14-16,25H2,1-4H3,(H,26,28). The molecular formula is C24H33N3O. The zero-order valence-electron chi connectivity index (χ0n) is 17.5. The van der Waals surface area contributed by atoms with Crippen molar-refractivity contribution in [2.75, 3.05) is 6.54 Å². The van der Waals surface area contributed by atoms with Crippen molar-refractivity contribution in [1.29, 1.82) is 0 Å². The van der Waals surface area contributed by atoms with E-state index in [0.29, 0.717) is 6.54 Å². The van der Waals surface area contributed by atoms with Gasteiger partial charge in [-0.1, -0.05) is 54.6 Å². The summed E-state index contributed by atoms with van der Waals surface area (Å²) < 4.78 is 0. The minimum absolute atomic E-state index is 0.00472. The molecule has 2 aromatic carbocycles. The number of piperidine rings is 1. The second-order valence-electron chi connectivity index (χ2n) is 9.28. The Morgan fingerprint density at radius 2 is 1.54 bits per heavy atom. The first-order valence-electron chi connectivity index (χ1n) is 10.1. The number of hydrogen-bond acceptors (Lipinski definition) is 3. The summed E-state index contributed by atoms with van der Waals surface area (Å²) in [7, 11) is 0. The molecule has 0 radical (unpaired) electrons. The zero-order valence-corrected chi connectivity index (χ0v) is 17.5. The summed E-state index contributed by atoms with van der Waals surface area (Å²) in [5, 5.41) is 6.92. The van der Waals surface area contributed by atoms with Gasteiger partial charge in [-0.3, -0.25) is 4.79 Å². The van der Waals surface area contributed by atoms with Crippen LogP contribution in [0.5, 0.6) is 0 Å². The van der Waals surface area contributed by atoms with Crippen molar-refractivity contribution in [3.8, 4) is 11.1 Å². The lowest BCUT2D eigenvalue weighted by Gasteiger charge is -2.46. The van der Waals surface area contributed by atoms with Gasteiger partial charge >= 0.3 is 0 Å². The van der Waals surface area contributed by atoms with Gasteiger partial charge in [-0.2, -0.15) is 0 Å². The molecule has 4 heteroatoms. The minimum atomic E-state index is -0.328. The number of carbonyl (C=O) groups excluding carboxylic acids is 1. The van der Waals surface area contributed by atoms with Crippen molar-refractivity contribution in [3.05, 3.63) is 60.2 Å². The van der Waals surface area contributed by atoms with Crippen LogP contribution in [0.25, 0.3) is 11.1 Å². The molecule has 1 fully saturated rings. The fourth-order valence-corrected chi connectivity index (χ4v) is 4.66. The fraction of sp³-hybridized carbons (Fsp3) is 0.458. The Labute approximate surface area is 168 Å². The summed E-state index contributed by atoms with van der Waals surface area (Å²) >= 11 is 0. The Morgan fingerprint density at radius 1 is 1.00 bits per heavy atom. The molecule has 0 bridgehead atoms. The van der Waals surface area contributed by atoms with Crippen LogP contribution in [0, 0.1) is 0 Å². The number of hydrogen-bond donors (Lipinski definition) is 3. The predicted molar refractivity (Wildman–Crippen MR) is 116 cm³/mol. The Kier molecular flexibility index (Phi) is 5.92. The monoisotopic (exact) mass is 379 g/mol. The minimum Gasteiger partial charge on any atom is -0.353 e. The van der Waals surface area contributed by atoms with Crippen LogP contribution in [-0.2, 0) is 4.79 Å². The van der Waals surface area contributed by atoms with E-state index in [4.69, 9.17) is 5.73 Å². The SMILES string of the molecule is CC1(C)CC(NC(=O)C(CN)c2ccc(-c3ccccc3)cc2)CC(C)(C)N1. The van der Waals surface area contributed by atoms with E-state index in [1.54, 1.807) is 0 Å². The predicted octanol–water partition coefficient (Wildman–Crippen LogP) is 3.82. The number of amides is 1. The van der Waals surface area contributed by atoms with Gasteiger partial charge in [0.25, 0.3) is 0 Å². The van der Waals surface area contributed by atoms with Crippen LogP contribution in [0.4, 0.5) is 0 Å². The lowest BCUT2D eigenvalue weighted by atomic mass is 9.79. The molecule has 0 aliphatic carbocycles. The summed E-state index contributed by atoms with van der Waals surface area (Å²) in [5.74, 6) is -0.306. The Balaban J connectivity index is 1.71. The maximum Gasteiger partial charge on any atom is 0.229 e. The molecule has 28 heavy (non-hydrogen) atoms. The maximum atomic E-state index is 13.0. The molecule has 0 saturated carbocycles. The van der Waals surface area contributed by atoms with Gasteiger partial charge in [-0.25, -0.2) is 0 Å². The van der Waals surface area contributed by atoms with Gasteiger partial charge in [0.15, 0.2) is 0 Å². The Hall–Kier alpha value is -2.17. The summed E-state index contributed by atoms with van der Waals surface area (Å²) in [6.45, 7) is 9.06. The molecule has 1 atom stereocenters. The number of nitrogens with one attached hydrogen (secondary N) is 2. The van der Waals surface area contributed by atoms with E-state index in [-0.39, 0.29) is 28.9 Å². The smallest absolute Gasteiger partial charge is 0.229 e. The molecule has 3 rings (SSSR count). The molecule has 4 N–H and O–H groups in total. The first-order valence-corrected chi connectivity index (χ1v) is 10.1. The fourth-order valence-electron chi connectivity index (χ4n) is 4.66. The molecular weight excluding hydrogens is 346 g/mol. The third-order valence-corrected chi connectivity index (χ3v) is 5.51. The van der Waals surface area contributed by atoms with Crippen LogP contribution in [0.15, 0.2) is 54.6 Å². The van der Waals surface area contributed by atoms with Crippen LogP contribution in [0.3, 0.4) is 0 Å². The lowest BCUT2D eigenvalue weighted by molar-refractivity contribution is -0.123. The topological polar surface area (TPSA) is 67.2 Å². The number of nitrogens with two attached hydrogens (primary N) is 1. The molecule has 1 heterocycles. The number of carbonyl (C=O) groups is 1. The van der Waals surface area contributed by atoms with E-state index in [0.717, 1.165) is 24.0 Å². The van der Waals surface area contributed by atoms with Gasteiger partial charge in [0, 0.05) is 23.7 Å². The van der Waals surface area contributed by atoms with Gasteiger partial charge in [-0.05, 0) is 57.2 Å². The molecule has 2 aromatic rings. The van der Waals surface area contributed by atoms with Crippen molar-refractivity contribution in [3.63, 3.8) is 0 Å². The number of benzene rings is 2. The first kappa shape index (κ1) is 20.6. The van der Waals surface area contributed by atoms with Crippen LogP contribution in [0.1, 0.15) is 52.0 Å². The van der Waals surface area contributed by atoms with E-state index in [1.807, 2.05) is 30.3 Å². The maximum absolute atomic E-state index is 13.0. The van der Waals surface area contributed by atoms with E-state index >= 15 is 0 Å². The summed E-state index contributed by atoms with van der Waals surface area (Å²) in [4.78, 5) is 13.0. The highest BCUT2D eigenvalue weighted by atomic mass is 16.2. The van der Waals surface area contributed by atoms with Crippen LogP contribution >= 0.6 is 0 Å². The third-order valence-electron chi connectivity index (χ3n) is 5.51. The average Bonchev–Trinajstić information content (AvgIpc) is 2.61. The highest BCUT2D eigenvalue weighted by Crippen LogP contribution is 2.29. The molecule has 1 aliphatic rings. The van der Waals surface area contributed by atoms with E-state index < -0.39 is 0 Å². The quantitative estimate of drug-likeness (QED) is 0.740. The zero-order chi connectivity index (χ0) is 20.4. The van der Waals surface area contributed by atoms with Crippen LogP contribution < -0.4 is 16.4 Å². The second-order valence-corrected chi connectivity index (χ2v) is 9.28. The highest BCUT2D eigenvalue weighted by Gasteiger charge is 2.38. The highest BCUT2D eigenvalue weighted by molar-refractivity contribution is 5.84. The first-order chi connectivity index (χ1) is 13.2. The van der Waals surface area contributed by atoms with Gasteiger partial charge in [0.05, 0.1) is 5.92 Å². The third kappa shape index (κ3) is 5.00. The molecule has 1 saturated heterocycles. The lowest BCUT2D eigenvalue weighted by Crippen LogP contribution is -2.62. The Morgan fingerprint density at radius 3 is 2.07 bits per heavy atom. The summed E-state index contributed by atoms with van der Waals surface area (Å²) in [6.07, 6.45) is 1.82. The molecule has 1 amide bonds. The second kappa shape index (κ2) is 8.06.